The molecule has 98 valence electrons. The Bertz CT molecular complexity index is 348. The molecule has 3 nitrogen and oxygen atoms in total. The van der Waals surface area contributed by atoms with Crippen LogP contribution >= 0.6 is 22.9 Å². The fraction of sp³-hybridized carbons (Fsp3) is 0.583. The summed E-state index contributed by atoms with van der Waals surface area (Å²) in [6, 6.07) is 1.59. The molecule has 0 aromatic carbocycles. The van der Waals surface area contributed by atoms with Crippen molar-refractivity contribution in [3.63, 3.8) is 0 Å². The van der Waals surface area contributed by atoms with E-state index >= 15 is 0 Å². The van der Waals surface area contributed by atoms with Crippen molar-refractivity contribution in [2.45, 2.75) is 40.2 Å². The van der Waals surface area contributed by atoms with Crippen molar-refractivity contribution in [1.82, 2.24) is 0 Å². The lowest BCUT2D eigenvalue weighted by Crippen LogP contribution is -2.02. The highest BCUT2D eigenvalue weighted by atomic mass is 35.5. The fourth-order valence-electron chi connectivity index (χ4n) is 0.928. The minimum Gasteiger partial charge on any atom is -0.462 e. The summed E-state index contributed by atoms with van der Waals surface area (Å²) < 4.78 is 4.81. The zero-order chi connectivity index (χ0) is 13.4. The van der Waals surface area contributed by atoms with Crippen molar-refractivity contribution >= 4 is 28.9 Å². The third-order valence-electron chi connectivity index (χ3n) is 1.58. The van der Waals surface area contributed by atoms with E-state index in [0.29, 0.717) is 21.4 Å². The topological polar surface area (TPSA) is 46.5 Å². The molecule has 0 radical (unpaired) electrons. The maximum Gasteiger partial charge on any atom is 0.349 e. The van der Waals surface area contributed by atoms with Gasteiger partial charge in [0.1, 0.15) is 4.88 Å². The van der Waals surface area contributed by atoms with E-state index in [0.717, 1.165) is 11.3 Å². The molecule has 1 heterocycles. The Kier molecular flexibility index (Phi) is 8.21. The Balaban J connectivity index is 0.000000770. The second-order valence-electron chi connectivity index (χ2n) is 3.43. The third-order valence-corrected chi connectivity index (χ3v) is 3.27. The number of aliphatic hydroxyl groups excluding tert-OH is 1. The molecule has 1 unspecified atom stereocenters. The molecule has 1 atom stereocenters. The van der Waals surface area contributed by atoms with Gasteiger partial charge in [-0.25, -0.2) is 4.79 Å². The molecule has 1 N–H and O–H groups in total. The van der Waals surface area contributed by atoms with Gasteiger partial charge < -0.3 is 9.84 Å². The number of aliphatic hydroxyl groups is 1. The molecule has 0 spiro atoms. The van der Waals surface area contributed by atoms with Gasteiger partial charge in [0.05, 0.1) is 17.7 Å². The summed E-state index contributed by atoms with van der Waals surface area (Å²) >= 11 is 6.98. The number of rotatable bonds is 3. The minimum atomic E-state index is -0.610. The lowest BCUT2D eigenvalue weighted by molar-refractivity contribution is 0.0532. The predicted molar refractivity (Wildman–Crippen MR) is 71.9 cm³/mol. The minimum absolute atomic E-state index is 0.317. The molecule has 1 rings (SSSR count). The standard InChI is InChI=1S/C9H11ClO3S.C3H8/c1-3-13-9(12)8-6(10)4-7(14-8)5(2)11;1-3-2/h4-5,11H,3H2,1-2H3;3H2,1-2H3. The number of halogens is 1. The van der Waals surface area contributed by atoms with E-state index in [2.05, 4.69) is 13.8 Å². The van der Waals surface area contributed by atoms with Crippen LogP contribution in [0.1, 0.15) is 54.8 Å². The molecule has 0 aliphatic carbocycles. The van der Waals surface area contributed by atoms with Crippen LogP contribution in [0.2, 0.25) is 5.02 Å². The third kappa shape index (κ3) is 5.52. The van der Waals surface area contributed by atoms with E-state index in [1.54, 1.807) is 19.9 Å². The fourth-order valence-corrected chi connectivity index (χ4v) is 2.19. The largest absolute Gasteiger partial charge is 0.462 e. The normalized spacial score (nSPS) is 11.4. The Morgan fingerprint density at radius 2 is 2.06 bits per heavy atom. The number of ether oxygens (including phenoxy) is 1. The summed E-state index contributed by atoms with van der Waals surface area (Å²) in [7, 11) is 0. The van der Waals surface area contributed by atoms with Gasteiger partial charge in [-0.1, -0.05) is 31.9 Å². The molecule has 0 aliphatic heterocycles. The van der Waals surface area contributed by atoms with Crippen LogP contribution in [0.25, 0.3) is 0 Å². The number of hydrogen-bond donors (Lipinski definition) is 1. The average Bonchev–Trinajstić information content (AvgIpc) is 2.62. The quantitative estimate of drug-likeness (QED) is 0.849. The molecular formula is C12H19ClO3S. The van der Waals surface area contributed by atoms with Gasteiger partial charge in [0, 0.05) is 4.88 Å². The van der Waals surface area contributed by atoms with Gasteiger partial charge in [-0.15, -0.1) is 11.3 Å². The van der Waals surface area contributed by atoms with Crippen LogP contribution in [-0.4, -0.2) is 17.7 Å². The van der Waals surface area contributed by atoms with Crippen molar-refractivity contribution in [3.05, 3.63) is 20.8 Å². The number of carbonyl (C=O) groups excluding carboxylic acids is 1. The molecule has 0 fully saturated rings. The summed E-state index contributed by atoms with van der Waals surface area (Å²) in [5.41, 5.74) is 0. The van der Waals surface area contributed by atoms with Crippen molar-refractivity contribution in [3.8, 4) is 0 Å². The van der Waals surface area contributed by atoms with E-state index < -0.39 is 12.1 Å². The lowest BCUT2D eigenvalue weighted by atomic mass is 10.3. The first-order valence-corrected chi connectivity index (χ1v) is 6.81. The SMILES string of the molecule is CCC.CCOC(=O)c1sc(C(C)O)cc1Cl. The van der Waals surface area contributed by atoms with Crippen LogP contribution in [0.3, 0.4) is 0 Å². The van der Waals surface area contributed by atoms with Crippen LogP contribution in [0.5, 0.6) is 0 Å². The highest BCUT2D eigenvalue weighted by Crippen LogP contribution is 2.31. The second kappa shape index (κ2) is 8.50. The first kappa shape index (κ1) is 16.4. The Morgan fingerprint density at radius 1 is 1.53 bits per heavy atom. The molecule has 0 saturated carbocycles. The van der Waals surface area contributed by atoms with Gasteiger partial charge in [-0.05, 0) is 19.9 Å². The van der Waals surface area contributed by atoms with Crippen LogP contribution in [0.4, 0.5) is 0 Å². The number of carbonyl (C=O) groups is 1. The van der Waals surface area contributed by atoms with Crippen molar-refractivity contribution < 1.29 is 14.6 Å². The molecule has 0 amide bonds. The number of thiophene rings is 1. The molecule has 0 saturated heterocycles. The maximum absolute atomic E-state index is 11.3. The van der Waals surface area contributed by atoms with Crippen LogP contribution in [-0.2, 0) is 4.74 Å². The average molecular weight is 279 g/mol. The molecule has 0 bridgehead atoms. The summed E-state index contributed by atoms with van der Waals surface area (Å²) in [6.45, 7) is 7.92. The van der Waals surface area contributed by atoms with Gasteiger partial charge in [-0.3, -0.25) is 0 Å². The first-order chi connectivity index (χ1) is 7.97. The van der Waals surface area contributed by atoms with E-state index in [1.165, 1.54) is 6.42 Å². The Labute approximate surface area is 111 Å². The van der Waals surface area contributed by atoms with Crippen molar-refractivity contribution in [2.24, 2.45) is 0 Å². The van der Waals surface area contributed by atoms with E-state index in [-0.39, 0.29) is 0 Å². The summed E-state index contributed by atoms with van der Waals surface area (Å²) in [4.78, 5) is 12.3. The smallest absolute Gasteiger partial charge is 0.349 e. The Morgan fingerprint density at radius 3 is 2.41 bits per heavy atom. The molecule has 1 aromatic heterocycles. The number of hydrogen-bond acceptors (Lipinski definition) is 4. The molecular weight excluding hydrogens is 260 g/mol. The van der Waals surface area contributed by atoms with Gasteiger partial charge in [0.15, 0.2) is 0 Å². The van der Waals surface area contributed by atoms with Crippen molar-refractivity contribution in [1.29, 1.82) is 0 Å². The van der Waals surface area contributed by atoms with E-state index in [1.807, 2.05) is 0 Å². The lowest BCUT2D eigenvalue weighted by Gasteiger charge is -1.98. The summed E-state index contributed by atoms with van der Waals surface area (Å²) in [5.74, 6) is -0.436. The van der Waals surface area contributed by atoms with Crippen molar-refractivity contribution in [2.75, 3.05) is 6.61 Å². The van der Waals surface area contributed by atoms with Gasteiger partial charge in [0.25, 0.3) is 0 Å². The maximum atomic E-state index is 11.3. The first-order valence-electron chi connectivity index (χ1n) is 5.62. The Hall–Kier alpha value is -0.580. The van der Waals surface area contributed by atoms with E-state index in [4.69, 9.17) is 16.3 Å². The second-order valence-corrected chi connectivity index (χ2v) is 4.92. The molecule has 5 heteroatoms. The molecule has 1 aromatic rings. The van der Waals surface area contributed by atoms with Gasteiger partial charge in [-0.2, -0.15) is 0 Å². The zero-order valence-electron chi connectivity index (χ0n) is 10.6. The number of esters is 1. The summed E-state index contributed by atoms with van der Waals surface area (Å²) in [6.07, 6.45) is 0.640. The van der Waals surface area contributed by atoms with Gasteiger partial charge in [0.2, 0.25) is 0 Å². The summed E-state index contributed by atoms with van der Waals surface area (Å²) in [5, 5.41) is 9.61. The molecule has 0 aliphatic rings. The highest BCUT2D eigenvalue weighted by molar-refractivity contribution is 7.14. The van der Waals surface area contributed by atoms with Crippen LogP contribution < -0.4 is 0 Å². The zero-order valence-corrected chi connectivity index (χ0v) is 12.2. The molecule has 17 heavy (non-hydrogen) atoms. The predicted octanol–water partition coefficient (Wildman–Crippen LogP) is 4.05. The van der Waals surface area contributed by atoms with Crippen LogP contribution in [0, 0.1) is 0 Å². The van der Waals surface area contributed by atoms with Gasteiger partial charge >= 0.3 is 5.97 Å². The van der Waals surface area contributed by atoms with Crippen LogP contribution in [0.15, 0.2) is 6.07 Å². The monoisotopic (exact) mass is 278 g/mol. The highest BCUT2D eigenvalue weighted by Gasteiger charge is 2.17. The van der Waals surface area contributed by atoms with E-state index in [9.17, 15) is 9.90 Å².